The highest BCUT2D eigenvalue weighted by atomic mass is 127. The van der Waals surface area contributed by atoms with Crippen LogP contribution in [0.5, 0.6) is 0 Å². The summed E-state index contributed by atoms with van der Waals surface area (Å²) in [6.07, 6.45) is 3.14. The minimum absolute atomic E-state index is 0.693. The van der Waals surface area contributed by atoms with E-state index >= 15 is 0 Å². The van der Waals surface area contributed by atoms with Gasteiger partial charge in [-0.3, -0.25) is 4.68 Å². The average molecular weight is 264 g/mol. The van der Waals surface area contributed by atoms with Crippen LogP contribution >= 0.6 is 22.6 Å². The van der Waals surface area contributed by atoms with Crippen LogP contribution in [-0.4, -0.2) is 9.78 Å². The van der Waals surface area contributed by atoms with Crippen molar-refractivity contribution < 1.29 is 0 Å². The zero-order valence-electron chi connectivity index (χ0n) is 7.13. The first-order valence-corrected chi connectivity index (χ1v) is 4.85. The van der Waals surface area contributed by atoms with Gasteiger partial charge in [0.1, 0.15) is 0 Å². The first-order valence-electron chi connectivity index (χ1n) is 3.77. The Bertz CT molecular complexity index is 240. The summed E-state index contributed by atoms with van der Waals surface area (Å²) >= 11 is 2.33. The van der Waals surface area contributed by atoms with Gasteiger partial charge in [-0.1, -0.05) is 13.8 Å². The van der Waals surface area contributed by atoms with Crippen molar-refractivity contribution in [3.8, 4) is 0 Å². The lowest BCUT2D eigenvalue weighted by molar-refractivity contribution is 0.619. The molecule has 2 nitrogen and oxygen atoms in total. The molecule has 62 valence electrons. The molecule has 0 bridgehead atoms. The van der Waals surface area contributed by atoms with Crippen LogP contribution in [0.25, 0.3) is 0 Å². The Balaban J connectivity index is 2.77. The number of hydrogen-bond acceptors (Lipinski definition) is 1. The minimum Gasteiger partial charge on any atom is -0.274 e. The first kappa shape index (κ1) is 9.03. The molecule has 11 heavy (non-hydrogen) atoms. The molecule has 1 rings (SSSR count). The predicted molar refractivity (Wildman–Crippen MR) is 54.5 cm³/mol. The predicted octanol–water partition coefficient (Wildman–Crippen LogP) is 2.22. The van der Waals surface area contributed by atoms with Crippen LogP contribution in [0, 0.1) is 9.49 Å². The van der Waals surface area contributed by atoms with Crippen molar-refractivity contribution >= 4 is 22.6 Å². The molecule has 0 saturated heterocycles. The van der Waals surface area contributed by atoms with E-state index < -0.39 is 0 Å². The van der Waals surface area contributed by atoms with Gasteiger partial charge in [0.2, 0.25) is 0 Å². The fourth-order valence-corrected chi connectivity index (χ4v) is 1.76. The van der Waals surface area contributed by atoms with E-state index in [1.54, 1.807) is 0 Å². The van der Waals surface area contributed by atoms with Gasteiger partial charge in [-0.15, -0.1) is 0 Å². The molecule has 0 aromatic carbocycles. The van der Waals surface area contributed by atoms with Crippen LogP contribution < -0.4 is 0 Å². The molecule has 1 aromatic heterocycles. The first-order chi connectivity index (χ1) is 5.09. The Kier molecular flexibility index (Phi) is 2.92. The van der Waals surface area contributed by atoms with Crippen LogP contribution in [0.1, 0.15) is 19.5 Å². The molecule has 3 heteroatoms. The Hall–Kier alpha value is -0.0600. The summed E-state index contributed by atoms with van der Waals surface area (Å²) in [6.45, 7) is 4.43. The van der Waals surface area contributed by atoms with E-state index in [4.69, 9.17) is 0 Å². The van der Waals surface area contributed by atoms with Gasteiger partial charge in [0, 0.05) is 13.2 Å². The van der Waals surface area contributed by atoms with Crippen LogP contribution in [0.4, 0.5) is 0 Å². The van der Waals surface area contributed by atoms with Crippen LogP contribution in [0.15, 0.2) is 6.20 Å². The lowest BCUT2D eigenvalue weighted by atomic mass is 10.1. The van der Waals surface area contributed by atoms with E-state index in [2.05, 4.69) is 47.7 Å². The standard InChI is InChI=1S/C8H13IN2/c1-6(2)4-8-7(9)5-11(3)10-8/h5-6H,4H2,1-3H3. The smallest absolute Gasteiger partial charge is 0.0760 e. The van der Waals surface area contributed by atoms with E-state index in [-0.39, 0.29) is 0 Å². The maximum atomic E-state index is 4.36. The Morgan fingerprint density at radius 3 is 2.64 bits per heavy atom. The molecule has 0 fully saturated rings. The molecular weight excluding hydrogens is 251 g/mol. The molecule has 0 atom stereocenters. The molecule has 0 spiro atoms. The van der Waals surface area contributed by atoms with Crippen molar-refractivity contribution in [3.05, 3.63) is 15.5 Å². The second-order valence-electron chi connectivity index (χ2n) is 3.20. The highest BCUT2D eigenvalue weighted by Gasteiger charge is 2.05. The second kappa shape index (κ2) is 3.56. The van der Waals surface area contributed by atoms with E-state index in [0.29, 0.717) is 5.92 Å². The highest BCUT2D eigenvalue weighted by Crippen LogP contribution is 2.13. The maximum absolute atomic E-state index is 4.36. The zero-order chi connectivity index (χ0) is 8.43. The molecule has 1 aromatic rings. The number of aromatic nitrogens is 2. The van der Waals surface area contributed by atoms with Gasteiger partial charge in [0.05, 0.1) is 9.26 Å². The molecule has 0 aliphatic rings. The quantitative estimate of drug-likeness (QED) is 0.749. The van der Waals surface area contributed by atoms with E-state index in [1.807, 2.05) is 11.7 Å². The van der Waals surface area contributed by atoms with Gasteiger partial charge in [-0.25, -0.2) is 0 Å². The summed E-state index contributed by atoms with van der Waals surface area (Å²) in [6, 6.07) is 0. The summed E-state index contributed by atoms with van der Waals surface area (Å²) in [5.74, 6) is 0.693. The Morgan fingerprint density at radius 2 is 2.27 bits per heavy atom. The molecule has 0 unspecified atom stereocenters. The van der Waals surface area contributed by atoms with Gasteiger partial charge >= 0.3 is 0 Å². The van der Waals surface area contributed by atoms with E-state index in [9.17, 15) is 0 Å². The van der Waals surface area contributed by atoms with E-state index in [0.717, 1.165) is 6.42 Å². The molecule has 0 radical (unpaired) electrons. The summed E-state index contributed by atoms with van der Waals surface area (Å²) in [4.78, 5) is 0. The SMILES string of the molecule is CC(C)Cc1nn(C)cc1I. The molecular formula is C8H13IN2. The molecule has 0 N–H and O–H groups in total. The van der Waals surface area contributed by atoms with Gasteiger partial charge in [0.25, 0.3) is 0 Å². The van der Waals surface area contributed by atoms with Crippen molar-refractivity contribution in [1.29, 1.82) is 0 Å². The lowest BCUT2D eigenvalue weighted by Crippen LogP contribution is -1.97. The average Bonchev–Trinajstić information content (AvgIpc) is 2.09. The van der Waals surface area contributed by atoms with Crippen molar-refractivity contribution in [1.82, 2.24) is 9.78 Å². The van der Waals surface area contributed by atoms with Crippen LogP contribution in [0.3, 0.4) is 0 Å². The highest BCUT2D eigenvalue weighted by molar-refractivity contribution is 14.1. The number of rotatable bonds is 2. The second-order valence-corrected chi connectivity index (χ2v) is 4.36. The van der Waals surface area contributed by atoms with Crippen molar-refractivity contribution in [2.75, 3.05) is 0 Å². The summed E-state index contributed by atoms with van der Waals surface area (Å²) in [5, 5.41) is 4.36. The topological polar surface area (TPSA) is 17.8 Å². The fourth-order valence-electron chi connectivity index (χ4n) is 1.03. The normalized spacial score (nSPS) is 11.0. The number of hydrogen-bond donors (Lipinski definition) is 0. The lowest BCUT2D eigenvalue weighted by Gasteiger charge is -1.99. The third kappa shape index (κ3) is 2.47. The molecule has 1 heterocycles. The van der Waals surface area contributed by atoms with Gasteiger partial charge < -0.3 is 0 Å². The van der Waals surface area contributed by atoms with Gasteiger partial charge in [-0.05, 0) is 34.9 Å². The molecule has 0 aliphatic heterocycles. The summed E-state index contributed by atoms with van der Waals surface area (Å²) in [5.41, 5.74) is 1.23. The van der Waals surface area contributed by atoms with Crippen LogP contribution in [-0.2, 0) is 13.5 Å². The third-order valence-corrected chi connectivity index (χ3v) is 2.36. The molecule has 0 saturated carbocycles. The summed E-state index contributed by atoms with van der Waals surface area (Å²) in [7, 11) is 1.96. The summed E-state index contributed by atoms with van der Waals surface area (Å²) < 4.78 is 3.15. The fraction of sp³-hybridized carbons (Fsp3) is 0.625. The third-order valence-electron chi connectivity index (χ3n) is 1.46. The van der Waals surface area contributed by atoms with Crippen molar-refractivity contribution in [2.45, 2.75) is 20.3 Å². The molecule has 0 aliphatic carbocycles. The Labute approximate surface area is 81.1 Å². The zero-order valence-corrected chi connectivity index (χ0v) is 9.29. The minimum atomic E-state index is 0.693. The maximum Gasteiger partial charge on any atom is 0.0760 e. The Morgan fingerprint density at radius 1 is 1.64 bits per heavy atom. The molecule has 0 amide bonds. The van der Waals surface area contributed by atoms with Gasteiger partial charge in [0.15, 0.2) is 0 Å². The van der Waals surface area contributed by atoms with Crippen molar-refractivity contribution in [2.24, 2.45) is 13.0 Å². The largest absolute Gasteiger partial charge is 0.274 e. The number of nitrogens with zero attached hydrogens (tertiary/aromatic N) is 2. The number of aryl methyl sites for hydroxylation is 1. The van der Waals surface area contributed by atoms with Crippen LogP contribution in [0.2, 0.25) is 0 Å². The van der Waals surface area contributed by atoms with Gasteiger partial charge in [-0.2, -0.15) is 5.10 Å². The number of halogens is 1. The van der Waals surface area contributed by atoms with E-state index in [1.165, 1.54) is 9.26 Å². The monoisotopic (exact) mass is 264 g/mol. The van der Waals surface area contributed by atoms with Crippen molar-refractivity contribution in [3.63, 3.8) is 0 Å².